The molecule has 2 aromatic rings. The molecule has 0 fully saturated rings. The van der Waals surface area contributed by atoms with Crippen LogP contribution in [-0.2, 0) is 9.59 Å². The fraction of sp³-hybridized carbons (Fsp3) is 0. The number of nitrogens with zero attached hydrogens (tertiary/aromatic N) is 1. The molecule has 0 aliphatic rings. The molecule has 0 atom stereocenters. The topological polar surface area (TPSA) is 70.6 Å². The van der Waals surface area contributed by atoms with Crippen LogP contribution >= 0.6 is 23.2 Å². The van der Waals surface area contributed by atoms with Crippen LogP contribution in [-0.4, -0.2) is 18.0 Å². The van der Waals surface area contributed by atoms with Gasteiger partial charge in [-0.05, 0) is 30.3 Å². The molecule has 0 heterocycles. The summed E-state index contributed by atoms with van der Waals surface area (Å²) in [6.45, 7) is 0. The van der Waals surface area contributed by atoms with Crippen molar-refractivity contribution in [2.75, 3.05) is 5.32 Å². The molecule has 112 valence electrons. The standard InChI is InChI=1S/C15H11Cl2N3O2/c16-11-5-7-12(8-6-11)19-14(21)15(22)20-18-9-10-3-1-2-4-13(10)17/h1-9H,(H,19,21)(H,20,22)/b18-9-. The van der Waals surface area contributed by atoms with Crippen LogP contribution < -0.4 is 10.7 Å². The van der Waals surface area contributed by atoms with Crippen LogP contribution in [0.3, 0.4) is 0 Å². The van der Waals surface area contributed by atoms with Gasteiger partial charge in [-0.25, -0.2) is 5.43 Å². The number of carbonyl (C=O) groups is 2. The van der Waals surface area contributed by atoms with E-state index in [1.54, 1.807) is 48.5 Å². The molecule has 0 unspecified atom stereocenters. The molecule has 2 amide bonds. The summed E-state index contributed by atoms with van der Waals surface area (Å²) in [5.74, 6) is -1.73. The van der Waals surface area contributed by atoms with Gasteiger partial charge in [0.25, 0.3) is 0 Å². The monoisotopic (exact) mass is 335 g/mol. The Labute approximate surface area is 136 Å². The van der Waals surface area contributed by atoms with Crippen LogP contribution in [0.1, 0.15) is 5.56 Å². The highest BCUT2D eigenvalue weighted by molar-refractivity contribution is 6.39. The summed E-state index contributed by atoms with van der Waals surface area (Å²) in [4.78, 5) is 23.2. The number of carbonyl (C=O) groups excluding carboxylic acids is 2. The van der Waals surface area contributed by atoms with Crippen molar-refractivity contribution in [1.82, 2.24) is 5.43 Å². The largest absolute Gasteiger partial charge is 0.329 e. The molecule has 0 spiro atoms. The van der Waals surface area contributed by atoms with Gasteiger partial charge in [0, 0.05) is 21.3 Å². The van der Waals surface area contributed by atoms with E-state index in [0.29, 0.717) is 21.3 Å². The Morgan fingerprint density at radius 2 is 1.64 bits per heavy atom. The zero-order chi connectivity index (χ0) is 15.9. The number of halogens is 2. The molecular formula is C15H11Cl2N3O2. The number of amides is 2. The Hall–Kier alpha value is -2.37. The lowest BCUT2D eigenvalue weighted by Gasteiger charge is -2.03. The van der Waals surface area contributed by atoms with Crippen molar-refractivity contribution < 1.29 is 9.59 Å². The third-order valence-corrected chi connectivity index (χ3v) is 3.18. The van der Waals surface area contributed by atoms with Gasteiger partial charge in [0.2, 0.25) is 0 Å². The maximum absolute atomic E-state index is 11.7. The van der Waals surface area contributed by atoms with Crippen molar-refractivity contribution in [3.63, 3.8) is 0 Å². The van der Waals surface area contributed by atoms with Crippen LogP contribution in [0, 0.1) is 0 Å². The van der Waals surface area contributed by atoms with Gasteiger partial charge < -0.3 is 5.32 Å². The number of nitrogens with one attached hydrogen (secondary N) is 2. The molecule has 7 heteroatoms. The first-order valence-corrected chi connectivity index (χ1v) is 6.96. The molecular weight excluding hydrogens is 325 g/mol. The lowest BCUT2D eigenvalue weighted by atomic mass is 10.2. The SMILES string of the molecule is O=C(N/N=C\c1ccccc1Cl)C(=O)Nc1ccc(Cl)cc1. The van der Waals surface area contributed by atoms with E-state index in [1.807, 2.05) is 0 Å². The fourth-order valence-corrected chi connectivity index (χ4v) is 1.82. The van der Waals surface area contributed by atoms with Crippen LogP contribution in [0.15, 0.2) is 53.6 Å². The molecule has 0 bridgehead atoms. The summed E-state index contributed by atoms with van der Waals surface area (Å²) < 4.78 is 0. The first-order valence-electron chi connectivity index (χ1n) is 6.21. The highest BCUT2D eigenvalue weighted by Gasteiger charge is 2.12. The minimum Gasteiger partial charge on any atom is -0.318 e. The van der Waals surface area contributed by atoms with Crippen molar-refractivity contribution in [2.45, 2.75) is 0 Å². The normalized spacial score (nSPS) is 10.5. The summed E-state index contributed by atoms with van der Waals surface area (Å²) in [5, 5.41) is 7.13. The number of rotatable bonds is 3. The second kappa shape index (κ2) is 7.59. The summed E-state index contributed by atoms with van der Waals surface area (Å²) in [6, 6.07) is 13.3. The van der Waals surface area contributed by atoms with Gasteiger partial charge in [-0.15, -0.1) is 0 Å². The smallest absolute Gasteiger partial charge is 0.318 e. The van der Waals surface area contributed by atoms with Gasteiger partial charge in [-0.2, -0.15) is 5.10 Å². The summed E-state index contributed by atoms with van der Waals surface area (Å²) in [7, 11) is 0. The summed E-state index contributed by atoms with van der Waals surface area (Å²) >= 11 is 11.7. The predicted octanol–water partition coefficient (Wildman–Crippen LogP) is 3.08. The van der Waals surface area contributed by atoms with Gasteiger partial charge >= 0.3 is 11.8 Å². The quantitative estimate of drug-likeness (QED) is 0.514. The summed E-state index contributed by atoms with van der Waals surface area (Å²) in [6.07, 6.45) is 1.36. The Balaban J connectivity index is 1.90. The maximum atomic E-state index is 11.7. The maximum Gasteiger partial charge on any atom is 0.329 e. The zero-order valence-corrected chi connectivity index (χ0v) is 12.7. The van der Waals surface area contributed by atoms with Gasteiger partial charge in [0.05, 0.1) is 6.21 Å². The van der Waals surface area contributed by atoms with Gasteiger partial charge in [-0.3, -0.25) is 9.59 Å². The van der Waals surface area contributed by atoms with E-state index < -0.39 is 11.8 Å². The van der Waals surface area contributed by atoms with Crippen molar-refractivity contribution in [3.8, 4) is 0 Å². The van der Waals surface area contributed by atoms with E-state index in [2.05, 4.69) is 15.8 Å². The van der Waals surface area contributed by atoms with Gasteiger partial charge in [-0.1, -0.05) is 41.4 Å². The fourth-order valence-electron chi connectivity index (χ4n) is 1.51. The number of anilines is 1. The Kier molecular flexibility index (Phi) is 5.52. The molecule has 0 aromatic heterocycles. The average Bonchev–Trinajstić information content (AvgIpc) is 2.51. The molecule has 0 saturated carbocycles. The highest BCUT2D eigenvalue weighted by Crippen LogP contribution is 2.13. The molecule has 0 aliphatic carbocycles. The van der Waals surface area contributed by atoms with E-state index in [1.165, 1.54) is 6.21 Å². The Morgan fingerprint density at radius 1 is 0.955 bits per heavy atom. The lowest BCUT2D eigenvalue weighted by molar-refractivity contribution is -0.136. The average molecular weight is 336 g/mol. The minimum absolute atomic E-state index is 0.458. The van der Waals surface area contributed by atoms with Crippen molar-refractivity contribution in [3.05, 3.63) is 64.1 Å². The molecule has 2 N–H and O–H groups in total. The third kappa shape index (κ3) is 4.58. The Bertz CT molecular complexity index is 715. The second-order valence-corrected chi connectivity index (χ2v) is 5.03. The van der Waals surface area contributed by atoms with E-state index in [4.69, 9.17) is 23.2 Å². The molecule has 5 nitrogen and oxygen atoms in total. The van der Waals surface area contributed by atoms with Crippen LogP contribution in [0.25, 0.3) is 0 Å². The molecule has 0 saturated heterocycles. The molecule has 22 heavy (non-hydrogen) atoms. The molecule has 0 radical (unpaired) electrons. The first-order chi connectivity index (χ1) is 10.6. The Morgan fingerprint density at radius 3 is 2.32 bits per heavy atom. The molecule has 2 rings (SSSR count). The van der Waals surface area contributed by atoms with Crippen LogP contribution in [0.5, 0.6) is 0 Å². The number of benzene rings is 2. The van der Waals surface area contributed by atoms with E-state index >= 15 is 0 Å². The molecule has 0 aliphatic heterocycles. The number of hydrogen-bond donors (Lipinski definition) is 2. The highest BCUT2D eigenvalue weighted by atomic mass is 35.5. The zero-order valence-electron chi connectivity index (χ0n) is 11.2. The van der Waals surface area contributed by atoms with E-state index in [9.17, 15) is 9.59 Å². The second-order valence-electron chi connectivity index (χ2n) is 4.18. The van der Waals surface area contributed by atoms with Crippen molar-refractivity contribution in [2.24, 2.45) is 5.10 Å². The van der Waals surface area contributed by atoms with E-state index in [-0.39, 0.29) is 0 Å². The minimum atomic E-state index is -0.891. The summed E-state index contributed by atoms with van der Waals surface area (Å²) in [5.41, 5.74) is 3.21. The molecule has 2 aromatic carbocycles. The van der Waals surface area contributed by atoms with Crippen LogP contribution in [0.4, 0.5) is 5.69 Å². The third-order valence-electron chi connectivity index (χ3n) is 2.58. The van der Waals surface area contributed by atoms with Gasteiger partial charge in [0.15, 0.2) is 0 Å². The van der Waals surface area contributed by atoms with E-state index in [0.717, 1.165) is 0 Å². The number of hydrogen-bond acceptors (Lipinski definition) is 3. The first kappa shape index (κ1) is 16.0. The number of hydrazone groups is 1. The lowest BCUT2D eigenvalue weighted by Crippen LogP contribution is -2.32. The van der Waals surface area contributed by atoms with Gasteiger partial charge in [0.1, 0.15) is 0 Å². The predicted molar refractivity (Wildman–Crippen MR) is 87.3 cm³/mol. The van der Waals surface area contributed by atoms with Crippen molar-refractivity contribution >= 4 is 46.9 Å². The van der Waals surface area contributed by atoms with Crippen molar-refractivity contribution in [1.29, 1.82) is 0 Å². The van der Waals surface area contributed by atoms with Crippen LogP contribution in [0.2, 0.25) is 10.0 Å².